The first-order chi connectivity index (χ1) is 8.79. The van der Waals surface area contributed by atoms with Crippen LogP contribution in [0.4, 0.5) is 13.2 Å². The summed E-state index contributed by atoms with van der Waals surface area (Å²) in [5.41, 5.74) is 0. The van der Waals surface area contributed by atoms with E-state index in [1.54, 1.807) is 0 Å². The summed E-state index contributed by atoms with van der Waals surface area (Å²) < 4.78 is 60.9. The van der Waals surface area contributed by atoms with Crippen LogP contribution in [0.5, 0.6) is 0 Å². The summed E-state index contributed by atoms with van der Waals surface area (Å²) in [6.07, 6.45) is -5.76. The molecule has 21 heavy (non-hydrogen) atoms. The minimum atomic E-state index is -4.30. The Morgan fingerprint density at radius 1 is 1.14 bits per heavy atom. The zero-order chi connectivity index (χ0) is 14.4. The number of rotatable bonds is 7. The van der Waals surface area contributed by atoms with Crippen LogP contribution in [0.25, 0.3) is 0 Å². The lowest BCUT2D eigenvalue weighted by Gasteiger charge is -2.27. The Morgan fingerprint density at radius 2 is 1.71 bits per heavy atom. The molecule has 1 heterocycles. The molecule has 1 saturated heterocycles. The summed E-state index contributed by atoms with van der Waals surface area (Å²) in [5.74, 6) is -0.478. The molecule has 0 aromatic rings. The van der Waals surface area contributed by atoms with Crippen LogP contribution in [-0.4, -0.2) is 64.5 Å². The maximum atomic E-state index is 11.9. The highest BCUT2D eigenvalue weighted by Gasteiger charge is 2.27. The van der Waals surface area contributed by atoms with E-state index in [4.69, 9.17) is 0 Å². The molecule has 0 aliphatic carbocycles. The summed E-state index contributed by atoms with van der Waals surface area (Å²) in [6, 6.07) is 0. The second-order valence-electron chi connectivity index (χ2n) is 4.52. The molecule has 0 atom stereocenters. The third-order valence-electron chi connectivity index (χ3n) is 2.83. The van der Waals surface area contributed by atoms with Crippen molar-refractivity contribution in [3.05, 3.63) is 0 Å². The normalized spacial score (nSPS) is 16.9. The fourth-order valence-corrected chi connectivity index (χ4v) is 2.90. The largest absolute Gasteiger partial charge is 0.389 e. The summed E-state index contributed by atoms with van der Waals surface area (Å²) in [7, 11) is -3.60. The lowest BCUT2D eigenvalue weighted by Crippen LogP contribution is -2.46. The molecule has 1 aliphatic heterocycles. The van der Waals surface area contributed by atoms with Crippen LogP contribution < -0.4 is 10.0 Å². The lowest BCUT2D eigenvalue weighted by atomic mass is 10.3. The van der Waals surface area contributed by atoms with Gasteiger partial charge >= 0.3 is 6.18 Å². The van der Waals surface area contributed by atoms with Crippen molar-refractivity contribution in [2.75, 3.05) is 45.0 Å². The summed E-state index contributed by atoms with van der Waals surface area (Å²) in [5, 5.41) is 3.18. The number of hydrogen-bond acceptors (Lipinski definition) is 4. The van der Waals surface area contributed by atoms with Gasteiger partial charge in [0, 0.05) is 45.7 Å². The molecule has 1 aliphatic rings. The van der Waals surface area contributed by atoms with Crippen molar-refractivity contribution >= 4 is 34.8 Å². The van der Waals surface area contributed by atoms with Crippen LogP contribution in [0.15, 0.2) is 0 Å². The molecule has 5 nitrogen and oxygen atoms in total. The van der Waals surface area contributed by atoms with Gasteiger partial charge in [-0.1, -0.05) is 0 Å². The van der Waals surface area contributed by atoms with E-state index >= 15 is 0 Å². The number of hydrogen-bond donors (Lipinski definition) is 2. The first-order valence-corrected chi connectivity index (χ1v) is 7.91. The second kappa shape index (κ2) is 10.8. The Bertz CT molecular complexity index is 363. The van der Waals surface area contributed by atoms with Gasteiger partial charge in [0.2, 0.25) is 10.0 Å². The Balaban J connectivity index is 0. The molecule has 1 fully saturated rings. The quantitative estimate of drug-likeness (QED) is 0.696. The fraction of sp³-hybridized carbons (Fsp3) is 1.00. The molecule has 0 aromatic heterocycles. The maximum absolute atomic E-state index is 11.9. The number of alkyl halides is 3. The van der Waals surface area contributed by atoms with Gasteiger partial charge in [0.05, 0.1) is 5.75 Å². The first-order valence-electron chi connectivity index (χ1n) is 6.26. The number of sulfonamides is 1. The van der Waals surface area contributed by atoms with Gasteiger partial charge < -0.3 is 5.32 Å². The lowest BCUT2D eigenvalue weighted by molar-refractivity contribution is -0.134. The van der Waals surface area contributed by atoms with Gasteiger partial charge in [-0.2, -0.15) is 13.2 Å². The molecular weight excluding hydrogens is 354 g/mol. The van der Waals surface area contributed by atoms with Crippen LogP contribution in [0.3, 0.4) is 0 Å². The monoisotopic (exact) mass is 375 g/mol. The molecule has 1 rings (SSSR count). The van der Waals surface area contributed by atoms with Crippen molar-refractivity contribution < 1.29 is 21.6 Å². The minimum absolute atomic E-state index is 0. The van der Waals surface area contributed by atoms with Crippen molar-refractivity contribution in [2.45, 2.75) is 19.0 Å². The SMILES string of the molecule is Cl.Cl.O=S(=O)(CCCC(F)(F)F)NCCN1CCNCC1. The summed E-state index contributed by atoms with van der Waals surface area (Å²) in [6.45, 7) is 4.29. The Morgan fingerprint density at radius 3 is 2.24 bits per heavy atom. The summed E-state index contributed by atoms with van der Waals surface area (Å²) in [4.78, 5) is 2.11. The van der Waals surface area contributed by atoms with E-state index in [0.29, 0.717) is 6.54 Å². The van der Waals surface area contributed by atoms with Crippen molar-refractivity contribution in [3.8, 4) is 0 Å². The average Bonchev–Trinajstić information content (AvgIpc) is 2.28. The molecule has 0 saturated carbocycles. The van der Waals surface area contributed by atoms with E-state index in [9.17, 15) is 21.6 Å². The van der Waals surface area contributed by atoms with Gasteiger partial charge in [0.15, 0.2) is 0 Å². The van der Waals surface area contributed by atoms with Gasteiger partial charge in [-0.05, 0) is 6.42 Å². The van der Waals surface area contributed by atoms with Gasteiger partial charge in [0.1, 0.15) is 0 Å². The van der Waals surface area contributed by atoms with Crippen molar-refractivity contribution in [2.24, 2.45) is 0 Å². The second-order valence-corrected chi connectivity index (χ2v) is 6.45. The third-order valence-corrected chi connectivity index (χ3v) is 4.30. The molecule has 0 amide bonds. The fourth-order valence-electron chi connectivity index (χ4n) is 1.83. The maximum Gasteiger partial charge on any atom is 0.389 e. The Hall–Kier alpha value is 0.200. The molecule has 0 bridgehead atoms. The number of piperazine rings is 1. The van der Waals surface area contributed by atoms with Gasteiger partial charge in [-0.3, -0.25) is 4.90 Å². The van der Waals surface area contributed by atoms with Crippen LogP contribution in [-0.2, 0) is 10.0 Å². The zero-order valence-corrected chi connectivity index (χ0v) is 13.9. The number of halogens is 5. The Kier molecular flexibility index (Phi) is 12.1. The van der Waals surface area contributed by atoms with Crippen molar-refractivity contribution in [1.82, 2.24) is 14.9 Å². The molecule has 0 aromatic carbocycles. The number of nitrogens with zero attached hydrogens (tertiary/aromatic N) is 1. The molecular formula is C10H22Cl2F3N3O2S. The van der Waals surface area contributed by atoms with E-state index in [1.807, 2.05) is 0 Å². The van der Waals surface area contributed by atoms with Gasteiger partial charge in [-0.15, -0.1) is 24.8 Å². The average molecular weight is 376 g/mol. The van der Waals surface area contributed by atoms with E-state index in [1.165, 1.54) is 0 Å². The van der Waals surface area contributed by atoms with E-state index in [0.717, 1.165) is 26.2 Å². The highest BCUT2D eigenvalue weighted by Crippen LogP contribution is 2.21. The van der Waals surface area contributed by atoms with Crippen molar-refractivity contribution in [1.29, 1.82) is 0 Å². The first kappa shape index (κ1) is 23.5. The number of nitrogens with one attached hydrogen (secondary N) is 2. The minimum Gasteiger partial charge on any atom is -0.314 e. The van der Waals surface area contributed by atoms with Crippen LogP contribution in [0, 0.1) is 0 Å². The highest BCUT2D eigenvalue weighted by atomic mass is 35.5. The predicted molar refractivity (Wildman–Crippen MR) is 80.9 cm³/mol. The van der Waals surface area contributed by atoms with Crippen LogP contribution in [0.2, 0.25) is 0 Å². The van der Waals surface area contributed by atoms with Crippen LogP contribution >= 0.6 is 24.8 Å². The Labute approximate surface area is 135 Å². The summed E-state index contributed by atoms with van der Waals surface area (Å²) >= 11 is 0. The molecule has 2 N–H and O–H groups in total. The third kappa shape index (κ3) is 12.4. The van der Waals surface area contributed by atoms with E-state index in [2.05, 4.69) is 14.9 Å². The molecule has 130 valence electrons. The molecule has 0 spiro atoms. The van der Waals surface area contributed by atoms with Gasteiger partial charge in [0.25, 0.3) is 0 Å². The highest BCUT2D eigenvalue weighted by molar-refractivity contribution is 7.89. The molecule has 11 heteroatoms. The van der Waals surface area contributed by atoms with E-state index in [-0.39, 0.29) is 31.4 Å². The van der Waals surface area contributed by atoms with E-state index < -0.39 is 34.8 Å². The predicted octanol–water partition coefficient (Wildman–Crippen LogP) is 0.997. The topological polar surface area (TPSA) is 61.4 Å². The molecule has 0 unspecified atom stereocenters. The smallest absolute Gasteiger partial charge is 0.314 e. The van der Waals surface area contributed by atoms with Crippen molar-refractivity contribution in [3.63, 3.8) is 0 Å². The zero-order valence-electron chi connectivity index (χ0n) is 11.5. The molecule has 0 radical (unpaired) electrons. The van der Waals surface area contributed by atoms with Gasteiger partial charge in [-0.25, -0.2) is 13.1 Å². The van der Waals surface area contributed by atoms with Crippen LogP contribution in [0.1, 0.15) is 12.8 Å². The standard InChI is InChI=1S/C10H20F3N3O2S.2ClH/c11-10(12,13)2-1-9-19(17,18)15-5-8-16-6-3-14-4-7-16;;/h14-15H,1-9H2;2*1H.